The lowest BCUT2D eigenvalue weighted by molar-refractivity contribution is 0.0609. The van der Waals surface area contributed by atoms with E-state index >= 15 is 0 Å². The Hall–Kier alpha value is -1.71. The number of carbonyl (C=O) groups excluding carboxylic acids is 1. The Morgan fingerprint density at radius 3 is 2.31 bits per heavy atom. The minimum Gasteiger partial charge on any atom is -0.504 e. The molecule has 0 saturated carbocycles. The third kappa shape index (κ3) is 1.50. The van der Waals surface area contributed by atoms with E-state index in [1.165, 1.54) is 12.1 Å². The van der Waals surface area contributed by atoms with Crippen molar-refractivity contribution in [1.29, 1.82) is 0 Å². The van der Waals surface area contributed by atoms with Gasteiger partial charge in [0.25, 0.3) is 5.91 Å². The average Bonchev–Trinajstić information content (AvgIpc) is 2.45. The zero-order chi connectivity index (χ0) is 12.1. The topological polar surface area (TPSA) is 60.8 Å². The van der Waals surface area contributed by atoms with Crippen molar-refractivity contribution in [3.63, 3.8) is 0 Å². The largest absolute Gasteiger partial charge is 0.504 e. The van der Waals surface area contributed by atoms with Crippen LogP contribution >= 0.6 is 0 Å². The minimum atomic E-state index is -0.263. The molecule has 0 radical (unpaired) electrons. The summed E-state index contributed by atoms with van der Waals surface area (Å²) in [6.07, 6.45) is 0. The predicted molar refractivity (Wildman–Crippen MR) is 59.4 cm³/mol. The van der Waals surface area contributed by atoms with Gasteiger partial charge in [-0.3, -0.25) is 4.79 Å². The van der Waals surface area contributed by atoms with Crippen molar-refractivity contribution in [2.75, 3.05) is 0 Å². The van der Waals surface area contributed by atoms with Crippen LogP contribution < -0.4 is 0 Å². The van der Waals surface area contributed by atoms with E-state index in [-0.39, 0.29) is 22.9 Å². The Morgan fingerprint density at radius 2 is 1.75 bits per heavy atom. The van der Waals surface area contributed by atoms with Crippen LogP contribution in [0.5, 0.6) is 11.5 Å². The third-order valence-electron chi connectivity index (χ3n) is 2.81. The fraction of sp³-hybridized carbons (Fsp3) is 0.417. The number of fused-ring (bicyclic) bond motifs is 1. The summed E-state index contributed by atoms with van der Waals surface area (Å²) in [5, 5.41) is 18.7. The molecule has 2 N–H and O–H groups in total. The molecule has 2 rings (SSSR count). The van der Waals surface area contributed by atoms with E-state index in [0.717, 1.165) is 5.56 Å². The molecule has 0 spiro atoms. The lowest BCUT2D eigenvalue weighted by Gasteiger charge is -2.31. The van der Waals surface area contributed by atoms with Crippen molar-refractivity contribution < 1.29 is 15.0 Å². The molecular formula is C12H15NO3. The third-order valence-corrected chi connectivity index (χ3v) is 2.81. The quantitative estimate of drug-likeness (QED) is 0.657. The van der Waals surface area contributed by atoms with Crippen LogP contribution in [0.25, 0.3) is 0 Å². The van der Waals surface area contributed by atoms with Gasteiger partial charge < -0.3 is 15.1 Å². The maximum atomic E-state index is 12.0. The number of phenols is 2. The first-order chi connectivity index (χ1) is 7.30. The van der Waals surface area contributed by atoms with Crippen molar-refractivity contribution in [1.82, 2.24) is 4.90 Å². The normalized spacial score (nSPS) is 15.4. The lowest BCUT2D eigenvalue weighted by atomic mass is 10.1. The van der Waals surface area contributed by atoms with Crippen LogP contribution in [0.1, 0.15) is 36.7 Å². The van der Waals surface area contributed by atoms with E-state index in [1.54, 1.807) is 4.90 Å². The first-order valence-corrected chi connectivity index (χ1v) is 5.17. The van der Waals surface area contributed by atoms with Gasteiger partial charge in [0.1, 0.15) is 0 Å². The van der Waals surface area contributed by atoms with Gasteiger partial charge in [-0.15, -0.1) is 0 Å². The van der Waals surface area contributed by atoms with Crippen molar-refractivity contribution in [2.24, 2.45) is 0 Å². The number of hydrogen-bond acceptors (Lipinski definition) is 3. The second-order valence-corrected chi connectivity index (χ2v) is 5.06. The Kier molecular flexibility index (Phi) is 2.12. The number of amides is 1. The van der Waals surface area contributed by atoms with Gasteiger partial charge in [0.15, 0.2) is 11.5 Å². The average molecular weight is 221 g/mol. The Labute approximate surface area is 94.1 Å². The number of carbonyl (C=O) groups is 1. The molecule has 4 nitrogen and oxygen atoms in total. The molecular weight excluding hydrogens is 206 g/mol. The lowest BCUT2D eigenvalue weighted by Crippen LogP contribution is -2.41. The molecule has 1 aromatic rings. The van der Waals surface area contributed by atoms with Crippen LogP contribution in [0.4, 0.5) is 0 Å². The van der Waals surface area contributed by atoms with Gasteiger partial charge in [-0.25, -0.2) is 0 Å². The standard InChI is InChI=1S/C12H15NO3/c1-12(2,3)13-6-7-4-9(14)10(15)5-8(7)11(13)16/h4-5,14-15H,6H2,1-3H3. The Balaban J connectivity index is 2.47. The van der Waals surface area contributed by atoms with E-state index < -0.39 is 0 Å². The van der Waals surface area contributed by atoms with Crippen LogP contribution in [-0.4, -0.2) is 26.6 Å². The van der Waals surface area contributed by atoms with E-state index in [0.29, 0.717) is 12.1 Å². The van der Waals surface area contributed by atoms with Crippen LogP contribution in [0.2, 0.25) is 0 Å². The molecule has 1 heterocycles. The smallest absolute Gasteiger partial charge is 0.255 e. The fourth-order valence-corrected chi connectivity index (χ4v) is 1.88. The van der Waals surface area contributed by atoms with Gasteiger partial charge in [-0.05, 0) is 38.5 Å². The van der Waals surface area contributed by atoms with Gasteiger partial charge in [0.2, 0.25) is 0 Å². The van der Waals surface area contributed by atoms with Gasteiger partial charge >= 0.3 is 0 Å². The predicted octanol–water partition coefficient (Wildman–Crippen LogP) is 1.85. The van der Waals surface area contributed by atoms with Crippen LogP contribution in [0.3, 0.4) is 0 Å². The Bertz CT molecular complexity index is 460. The Morgan fingerprint density at radius 1 is 1.19 bits per heavy atom. The summed E-state index contributed by atoms with van der Waals surface area (Å²) in [6, 6.07) is 2.78. The van der Waals surface area contributed by atoms with E-state index in [9.17, 15) is 15.0 Å². The summed E-state index contributed by atoms with van der Waals surface area (Å²) in [5.41, 5.74) is 0.974. The molecule has 1 aromatic carbocycles. The zero-order valence-electron chi connectivity index (χ0n) is 9.61. The van der Waals surface area contributed by atoms with Crippen LogP contribution in [0.15, 0.2) is 12.1 Å². The number of nitrogens with zero attached hydrogens (tertiary/aromatic N) is 1. The molecule has 0 unspecified atom stereocenters. The summed E-state index contributed by atoms with van der Waals surface area (Å²) in [4.78, 5) is 13.8. The van der Waals surface area contributed by atoms with Crippen molar-refractivity contribution in [3.8, 4) is 11.5 Å². The maximum Gasteiger partial charge on any atom is 0.255 e. The van der Waals surface area contributed by atoms with Crippen molar-refractivity contribution >= 4 is 5.91 Å². The van der Waals surface area contributed by atoms with Gasteiger partial charge in [-0.1, -0.05) is 0 Å². The molecule has 0 aromatic heterocycles. The van der Waals surface area contributed by atoms with E-state index in [4.69, 9.17) is 0 Å². The number of aromatic hydroxyl groups is 2. The first kappa shape index (κ1) is 10.8. The molecule has 0 aliphatic carbocycles. The second kappa shape index (κ2) is 3.14. The molecule has 1 amide bonds. The summed E-state index contributed by atoms with van der Waals surface area (Å²) in [7, 11) is 0. The van der Waals surface area contributed by atoms with Gasteiger partial charge in [0, 0.05) is 17.6 Å². The molecule has 0 atom stereocenters. The molecule has 0 bridgehead atoms. The molecule has 0 saturated heterocycles. The molecule has 86 valence electrons. The SMILES string of the molecule is CC(C)(C)N1Cc2cc(O)c(O)cc2C1=O. The molecule has 1 aliphatic heterocycles. The van der Waals surface area contributed by atoms with Crippen molar-refractivity contribution in [2.45, 2.75) is 32.9 Å². The van der Waals surface area contributed by atoms with E-state index in [1.807, 2.05) is 20.8 Å². The van der Waals surface area contributed by atoms with Crippen LogP contribution in [0, 0.1) is 0 Å². The van der Waals surface area contributed by atoms with E-state index in [2.05, 4.69) is 0 Å². The zero-order valence-corrected chi connectivity index (χ0v) is 9.61. The van der Waals surface area contributed by atoms with Gasteiger partial charge in [0.05, 0.1) is 0 Å². The van der Waals surface area contributed by atoms with Gasteiger partial charge in [-0.2, -0.15) is 0 Å². The second-order valence-electron chi connectivity index (χ2n) is 5.06. The fourth-order valence-electron chi connectivity index (χ4n) is 1.88. The first-order valence-electron chi connectivity index (χ1n) is 5.17. The summed E-state index contributed by atoms with van der Waals surface area (Å²) in [6.45, 7) is 6.34. The highest BCUT2D eigenvalue weighted by Crippen LogP contribution is 2.35. The highest BCUT2D eigenvalue weighted by Gasteiger charge is 2.35. The highest BCUT2D eigenvalue weighted by molar-refractivity contribution is 5.99. The monoisotopic (exact) mass is 221 g/mol. The summed E-state index contributed by atoms with van der Waals surface area (Å²) < 4.78 is 0. The summed E-state index contributed by atoms with van der Waals surface area (Å²) in [5.74, 6) is -0.525. The molecule has 16 heavy (non-hydrogen) atoms. The number of hydrogen-bond donors (Lipinski definition) is 2. The summed E-state index contributed by atoms with van der Waals surface area (Å²) >= 11 is 0. The molecule has 4 heteroatoms. The number of rotatable bonds is 0. The number of phenolic OH excluding ortho intramolecular Hbond substituents is 2. The van der Waals surface area contributed by atoms with Crippen LogP contribution in [-0.2, 0) is 6.54 Å². The highest BCUT2D eigenvalue weighted by atomic mass is 16.3. The van der Waals surface area contributed by atoms with Crippen molar-refractivity contribution in [3.05, 3.63) is 23.3 Å². The molecule has 1 aliphatic rings. The maximum absolute atomic E-state index is 12.0. The number of benzene rings is 1. The minimum absolute atomic E-state index is 0.0993. The molecule has 0 fully saturated rings.